The first kappa shape index (κ1) is 27.5. The fraction of sp³-hybridized carbons (Fsp3) is 0.364. The van der Waals surface area contributed by atoms with E-state index in [4.69, 9.17) is 0 Å². The van der Waals surface area contributed by atoms with E-state index in [1.807, 2.05) is 91.0 Å². The molecule has 6 atom stereocenters. The van der Waals surface area contributed by atoms with Gasteiger partial charge < -0.3 is 20.6 Å². The van der Waals surface area contributed by atoms with Gasteiger partial charge >= 0.3 is 0 Å². The number of carbonyl (C=O) groups is 3. The molecule has 212 valence electrons. The van der Waals surface area contributed by atoms with Crippen LogP contribution in [0.3, 0.4) is 0 Å². The summed E-state index contributed by atoms with van der Waals surface area (Å²) < 4.78 is -1.23. The SMILES string of the molecule is C[C@]12CCC3(S1)C(C(=O)NCc1ccccc1)N([C@H](CO)c1ccccc1)C(=O)[C@@H]3[C@H]2C(=O)NCc1ccccc1. The number of rotatable bonds is 9. The van der Waals surface area contributed by atoms with Crippen LogP contribution in [-0.2, 0) is 27.5 Å². The lowest BCUT2D eigenvalue weighted by Gasteiger charge is -2.37. The number of thioether (sulfide) groups is 1. The Labute approximate surface area is 244 Å². The van der Waals surface area contributed by atoms with Crippen molar-refractivity contribution in [3.63, 3.8) is 0 Å². The Morgan fingerprint density at radius 2 is 1.41 bits per heavy atom. The molecule has 0 radical (unpaired) electrons. The maximum Gasteiger partial charge on any atom is 0.244 e. The van der Waals surface area contributed by atoms with Crippen LogP contribution in [0.25, 0.3) is 0 Å². The van der Waals surface area contributed by atoms with Crippen molar-refractivity contribution in [2.75, 3.05) is 6.61 Å². The minimum absolute atomic E-state index is 0.158. The maximum absolute atomic E-state index is 14.5. The highest BCUT2D eigenvalue weighted by atomic mass is 32.2. The van der Waals surface area contributed by atoms with Crippen LogP contribution in [0.1, 0.15) is 42.5 Å². The molecule has 3 aromatic rings. The molecule has 0 saturated carbocycles. The number of likely N-dealkylation sites (tertiary alicyclic amines) is 1. The van der Waals surface area contributed by atoms with Crippen LogP contribution < -0.4 is 10.6 Å². The third-order valence-corrected chi connectivity index (χ3v) is 11.0. The molecule has 3 amide bonds. The fourth-order valence-corrected chi connectivity index (χ4v) is 9.55. The molecule has 0 aromatic heterocycles. The van der Waals surface area contributed by atoms with Crippen LogP contribution in [0.4, 0.5) is 0 Å². The largest absolute Gasteiger partial charge is 0.394 e. The Kier molecular flexibility index (Phi) is 7.38. The number of benzene rings is 3. The number of hydrogen-bond donors (Lipinski definition) is 3. The first-order valence-corrected chi connectivity index (χ1v) is 15.0. The summed E-state index contributed by atoms with van der Waals surface area (Å²) in [5.74, 6) is -1.88. The molecule has 3 aromatic carbocycles. The number of nitrogens with zero attached hydrogens (tertiary/aromatic N) is 1. The third kappa shape index (κ3) is 4.73. The topological polar surface area (TPSA) is 98.7 Å². The summed E-state index contributed by atoms with van der Waals surface area (Å²) in [4.78, 5) is 44.1. The number of aliphatic hydroxyl groups is 1. The van der Waals surface area contributed by atoms with E-state index >= 15 is 0 Å². The van der Waals surface area contributed by atoms with Crippen LogP contribution >= 0.6 is 11.8 Å². The van der Waals surface area contributed by atoms with Crippen LogP contribution in [-0.4, -0.2) is 49.9 Å². The van der Waals surface area contributed by atoms with Gasteiger partial charge in [-0.05, 0) is 36.5 Å². The quantitative estimate of drug-likeness (QED) is 0.364. The highest BCUT2D eigenvalue weighted by molar-refractivity contribution is 8.02. The average Bonchev–Trinajstić information content (AvgIpc) is 3.57. The molecule has 8 heteroatoms. The molecule has 3 saturated heterocycles. The van der Waals surface area contributed by atoms with E-state index in [0.29, 0.717) is 19.5 Å². The van der Waals surface area contributed by atoms with Crippen LogP contribution in [0.2, 0.25) is 0 Å². The second-order valence-corrected chi connectivity index (χ2v) is 13.4. The van der Waals surface area contributed by atoms with Crippen molar-refractivity contribution in [1.29, 1.82) is 0 Å². The Morgan fingerprint density at radius 3 is 1.98 bits per heavy atom. The smallest absolute Gasteiger partial charge is 0.244 e. The lowest BCUT2D eigenvalue weighted by molar-refractivity contribution is -0.143. The van der Waals surface area contributed by atoms with Crippen LogP contribution in [0, 0.1) is 11.8 Å². The minimum atomic E-state index is -0.820. The molecular formula is C33H35N3O4S. The van der Waals surface area contributed by atoms with Crippen molar-refractivity contribution in [3.05, 3.63) is 108 Å². The maximum atomic E-state index is 14.5. The van der Waals surface area contributed by atoms with Gasteiger partial charge in [0.05, 0.1) is 29.2 Å². The van der Waals surface area contributed by atoms with E-state index in [1.54, 1.807) is 16.7 Å². The zero-order valence-corrected chi connectivity index (χ0v) is 23.8. The number of carbonyl (C=O) groups excluding carboxylic acids is 3. The molecule has 3 N–H and O–H groups in total. The van der Waals surface area contributed by atoms with E-state index < -0.39 is 33.4 Å². The van der Waals surface area contributed by atoms with Gasteiger partial charge in [0, 0.05) is 17.8 Å². The monoisotopic (exact) mass is 569 g/mol. The van der Waals surface area contributed by atoms with Crippen LogP contribution in [0.15, 0.2) is 91.0 Å². The summed E-state index contributed by atoms with van der Waals surface area (Å²) in [6, 6.07) is 27.2. The highest BCUT2D eigenvalue weighted by Gasteiger charge is 2.77. The van der Waals surface area contributed by atoms with Gasteiger partial charge in [-0.25, -0.2) is 0 Å². The van der Waals surface area contributed by atoms with Gasteiger partial charge in [0.15, 0.2) is 0 Å². The number of amides is 3. The van der Waals surface area contributed by atoms with Gasteiger partial charge in [-0.2, -0.15) is 0 Å². The molecule has 3 aliphatic rings. The summed E-state index contributed by atoms with van der Waals surface area (Å²) in [6.07, 6.45) is 1.39. The van der Waals surface area contributed by atoms with E-state index in [9.17, 15) is 19.5 Å². The fourth-order valence-electron chi connectivity index (χ4n) is 7.21. The molecular weight excluding hydrogens is 534 g/mol. The first-order valence-electron chi connectivity index (χ1n) is 14.2. The van der Waals surface area contributed by atoms with Crippen molar-refractivity contribution in [2.45, 2.75) is 54.4 Å². The van der Waals surface area contributed by atoms with Crippen molar-refractivity contribution < 1.29 is 19.5 Å². The summed E-state index contributed by atoms with van der Waals surface area (Å²) in [7, 11) is 0. The van der Waals surface area contributed by atoms with Gasteiger partial charge in [-0.1, -0.05) is 91.0 Å². The molecule has 6 rings (SSSR count). The van der Waals surface area contributed by atoms with Gasteiger partial charge in [-0.15, -0.1) is 11.8 Å². The second-order valence-electron chi connectivity index (χ2n) is 11.5. The Morgan fingerprint density at radius 1 is 0.878 bits per heavy atom. The molecule has 41 heavy (non-hydrogen) atoms. The Balaban J connectivity index is 1.35. The number of aliphatic hydroxyl groups excluding tert-OH is 1. The van der Waals surface area contributed by atoms with Crippen molar-refractivity contribution >= 4 is 29.5 Å². The zero-order valence-electron chi connectivity index (χ0n) is 23.0. The number of hydrogen-bond acceptors (Lipinski definition) is 5. The van der Waals surface area contributed by atoms with Crippen molar-refractivity contribution in [3.8, 4) is 0 Å². The second kappa shape index (κ2) is 11.0. The van der Waals surface area contributed by atoms with E-state index in [-0.39, 0.29) is 24.3 Å². The molecule has 3 heterocycles. The lowest BCUT2D eigenvalue weighted by atomic mass is 9.66. The van der Waals surface area contributed by atoms with Crippen molar-refractivity contribution in [1.82, 2.24) is 15.5 Å². The summed E-state index contributed by atoms with van der Waals surface area (Å²) >= 11 is 1.63. The van der Waals surface area contributed by atoms with Gasteiger partial charge in [0.2, 0.25) is 17.7 Å². The molecule has 3 fully saturated rings. The average molecular weight is 570 g/mol. The number of fused-ring (bicyclic) bond motifs is 1. The van der Waals surface area contributed by atoms with E-state index in [2.05, 4.69) is 17.6 Å². The molecule has 0 aliphatic carbocycles. The predicted octanol–water partition coefficient (Wildman–Crippen LogP) is 3.83. The number of nitrogens with one attached hydrogen (secondary N) is 2. The molecule has 3 aliphatic heterocycles. The normalized spacial score (nSPS) is 28.8. The van der Waals surface area contributed by atoms with Crippen molar-refractivity contribution in [2.24, 2.45) is 11.8 Å². The first-order chi connectivity index (χ1) is 19.9. The minimum Gasteiger partial charge on any atom is -0.394 e. The lowest BCUT2D eigenvalue weighted by Crippen LogP contribution is -2.54. The summed E-state index contributed by atoms with van der Waals surface area (Å²) in [5, 5.41) is 16.8. The van der Waals surface area contributed by atoms with Gasteiger partial charge in [0.25, 0.3) is 0 Å². The molecule has 2 bridgehead atoms. The Bertz CT molecular complexity index is 1420. The standard InChI is InChI=1S/C33H35N3O4S/c1-32-17-18-33(41-32)27(26(32)29(38)34-19-22-11-5-2-6-12-22)31(40)36(25(21-37)24-15-9-4-10-16-24)28(33)30(39)35-20-23-13-7-3-8-14-23/h2-16,25-28,37H,17-21H2,1H3,(H,34,38)(H,35,39)/t25-,26+,27+,28?,32-,33?/m1/s1. The summed E-state index contributed by atoms with van der Waals surface area (Å²) in [6.45, 7) is 2.44. The molecule has 7 nitrogen and oxygen atoms in total. The predicted molar refractivity (Wildman–Crippen MR) is 158 cm³/mol. The third-order valence-electron chi connectivity index (χ3n) is 9.06. The van der Waals surface area contributed by atoms with Gasteiger partial charge in [0.1, 0.15) is 6.04 Å². The van der Waals surface area contributed by atoms with Gasteiger partial charge in [-0.3, -0.25) is 14.4 Å². The van der Waals surface area contributed by atoms with E-state index in [1.165, 1.54) is 0 Å². The zero-order chi connectivity index (χ0) is 28.6. The highest BCUT2D eigenvalue weighted by Crippen LogP contribution is 2.72. The van der Waals surface area contributed by atoms with E-state index in [0.717, 1.165) is 23.1 Å². The summed E-state index contributed by atoms with van der Waals surface area (Å²) in [5.41, 5.74) is 2.70. The van der Waals surface area contributed by atoms with Crippen LogP contribution in [0.5, 0.6) is 0 Å². The molecule has 2 unspecified atom stereocenters. The Hall–Kier alpha value is -3.62. The molecule has 1 spiro atoms.